The van der Waals surface area contributed by atoms with E-state index in [0.29, 0.717) is 55.7 Å². The van der Waals surface area contributed by atoms with E-state index >= 15 is 0 Å². The van der Waals surface area contributed by atoms with E-state index in [1.165, 1.54) is 0 Å². The van der Waals surface area contributed by atoms with Gasteiger partial charge < -0.3 is 24.7 Å². The standard InChI is InChI=1S/C29H30F3N5O3/c1-19-13-22(33)16-34-27(19)40-24-8-5-21-14-26(35(2)25(21)15-24)28(38)37-11-9-36(10-12-37)17-20-3-6-23(7-4-20)39-18-29(30,31)32/h3-8,13-16H,9-12,17-18,33H2,1-2H3. The summed E-state index contributed by atoms with van der Waals surface area (Å²) < 4.78 is 49.7. The molecule has 1 aliphatic heterocycles. The molecule has 2 N–H and O–H groups in total. The van der Waals surface area contributed by atoms with Gasteiger partial charge in [-0.05, 0) is 48.9 Å². The number of ether oxygens (including phenoxy) is 2. The minimum atomic E-state index is -4.37. The Morgan fingerprint density at radius 1 is 1.00 bits per heavy atom. The highest BCUT2D eigenvalue weighted by atomic mass is 19.4. The largest absolute Gasteiger partial charge is 0.484 e. The number of hydrogen-bond acceptors (Lipinski definition) is 6. The van der Waals surface area contributed by atoms with Crippen LogP contribution in [0.4, 0.5) is 18.9 Å². The van der Waals surface area contributed by atoms with Crippen LogP contribution in [0.5, 0.6) is 17.4 Å². The topological polar surface area (TPSA) is 85.8 Å². The molecular formula is C29H30F3N5O3. The summed E-state index contributed by atoms with van der Waals surface area (Å²) in [5.41, 5.74) is 9.61. The number of anilines is 1. The summed E-state index contributed by atoms with van der Waals surface area (Å²) in [4.78, 5) is 21.7. The zero-order valence-corrected chi connectivity index (χ0v) is 22.2. The van der Waals surface area contributed by atoms with Crippen LogP contribution in [0.2, 0.25) is 0 Å². The second kappa shape index (κ2) is 11.1. The van der Waals surface area contributed by atoms with Crippen molar-refractivity contribution in [2.45, 2.75) is 19.6 Å². The van der Waals surface area contributed by atoms with Crippen molar-refractivity contribution >= 4 is 22.5 Å². The summed E-state index contributed by atoms with van der Waals surface area (Å²) in [6.45, 7) is 3.73. The molecule has 2 aromatic carbocycles. The van der Waals surface area contributed by atoms with Gasteiger partial charge in [-0.1, -0.05) is 12.1 Å². The number of nitrogens with zero attached hydrogens (tertiary/aromatic N) is 4. The van der Waals surface area contributed by atoms with Crippen molar-refractivity contribution in [3.8, 4) is 17.4 Å². The zero-order valence-electron chi connectivity index (χ0n) is 22.2. The van der Waals surface area contributed by atoms with Crippen molar-refractivity contribution in [2.24, 2.45) is 7.05 Å². The van der Waals surface area contributed by atoms with E-state index in [1.807, 2.05) is 47.7 Å². The first-order chi connectivity index (χ1) is 19.1. The highest BCUT2D eigenvalue weighted by Gasteiger charge is 2.28. The number of rotatable bonds is 7. The average molecular weight is 554 g/mol. The number of carbonyl (C=O) groups is 1. The molecule has 1 saturated heterocycles. The van der Waals surface area contributed by atoms with Crippen molar-refractivity contribution < 1.29 is 27.4 Å². The molecule has 0 bridgehead atoms. The summed E-state index contributed by atoms with van der Waals surface area (Å²) in [5.74, 6) is 1.23. The second-order valence-electron chi connectivity index (χ2n) is 9.92. The third-order valence-electron chi connectivity index (χ3n) is 6.89. The lowest BCUT2D eigenvalue weighted by Gasteiger charge is -2.34. The normalized spacial score (nSPS) is 14.5. The first kappa shape index (κ1) is 27.3. The van der Waals surface area contributed by atoms with Crippen molar-refractivity contribution in [3.63, 3.8) is 0 Å². The number of alkyl halides is 3. The molecule has 4 aromatic rings. The first-order valence-corrected chi connectivity index (χ1v) is 12.9. The van der Waals surface area contributed by atoms with Gasteiger partial charge in [0.15, 0.2) is 6.61 Å². The number of aryl methyl sites for hydroxylation is 2. The van der Waals surface area contributed by atoms with Crippen LogP contribution in [0.15, 0.2) is 60.8 Å². The van der Waals surface area contributed by atoms with Gasteiger partial charge in [0.05, 0.1) is 17.4 Å². The van der Waals surface area contributed by atoms with E-state index in [1.54, 1.807) is 36.5 Å². The summed E-state index contributed by atoms with van der Waals surface area (Å²) in [5, 5.41) is 0.932. The Hall–Kier alpha value is -4.25. The maximum absolute atomic E-state index is 13.4. The van der Waals surface area contributed by atoms with Gasteiger partial charge >= 0.3 is 6.18 Å². The first-order valence-electron chi connectivity index (χ1n) is 12.9. The fraction of sp³-hybridized carbons (Fsp3) is 0.310. The van der Waals surface area contributed by atoms with Gasteiger partial charge in [-0.2, -0.15) is 13.2 Å². The molecule has 0 spiro atoms. The van der Waals surface area contributed by atoms with Crippen LogP contribution < -0.4 is 15.2 Å². The fourth-order valence-corrected chi connectivity index (χ4v) is 4.77. The van der Waals surface area contributed by atoms with Gasteiger partial charge in [-0.15, -0.1) is 0 Å². The molecule has 0 atom stereocenters. The van der Waals surface area contributed by atoms with Gasteiger partial charge in [0.1, 0.15) is 17.2 Å². The van der Waals surface area contributed by atoms with Crippen LogP contribution in [-0.2, 0) is 13.6 Å². The van der Waals surface area contributed by atoms with Gasteiger partial charge in [0, 0.05) is 56.8 Å². The van der Waals surface area contributed by atoms with Crippen molar-refractivity contribution in [3.05, 3.63) is 77.6 Å². The number of benzene rings is 2. The van der Waals surface area contributed by atoms with Crippen LogP contribution in [-0.4, -0.2) is 64.2 Å². The summed E-state index contributed by atoms with van der Waals surface area (Å²) in [7, 11) is 1.87. The molecule has 3 heterocycles. The lowest BCUT2D eigenvalue weighted by Crippen LogP contribution is -2.48. The third-order valence-corrected chi connectivity index (χ3v) is 6.89. The molecule has 11 heteroatoms. The van der Waals surface area contributed by atoms with Crippen LogP contribution >= 0.6 is 0 Å². The number of fused-ring (bicyclic) bond motifs is 1. The Labute approximate surface area is 229 Å². The predicted molar refractivity (Wildman–Crippen MR) is 146 cm³/mol. The number of nitrogen functional groups attached to an aromatic ring is 1. The van der Waals surface area contributed by atoms with E-state index in [0.717, 1.165) is 22.0 Å². The summed E-state index contributed by atoms with van der Waals surface area (Å²) >= 11 is 0. The Balaban J connectivity index is 1.19. The molecule has 0 aliphatic carbocycles. The zero-order chi connectivity index (χ0) is 28.4. The summed E-state index contributed by atoms with van der Waals surface area (Å²) in [6, 6.07) is 16.0. The van der Waals surface area contributed by atoms with E-state index < -0.39 is 12.8 Å². The highest BCUT2D eigenvalue weighted by Crippen LogP contribution is 2.29. The monoisotopic (exact) mass is 553 g/mol. The molecule has 2 aromatic heterocycles. The molecule has 40 heavy (non-hydrogen) atoms. The number of aromatic nitrogens is 2. The molecule has 0 unspecified atom stereocenters. The van der Waals surface area contributed by atoms with Gasteiger partial charge in [0.25, 0.3) is 5.91 Å². The number of halogens is 3. The van der Waals surface area contributed by atoms with Crippen molar-refractivity contribution in [1.82, 2.24) is 19.4 Å². The highest BCUT2D eigenvalue weighted by molar-refractivity contribution is 5.99. The molecule has 0 saturated carbocycles. The SMILES string of the molecule is Cc1cc(N)cnc1Oc1ccc2cc(C(=O)N3CCN(Cc4ccc(OCC(F)(F)F)cc4)CC3)n(C)c2c1. The van der Waals surface area contributed by atoms with E-state index in [-0.39, 0.29) is 11.7 Å². The third kappa shape index (κ3) is 6.31. The number of nitrogens with two attached hydrogens (primary N) is 1. The van der Waals surface area contributed by atoms with E-state index in [9.17, 15) is 18.0 Å². The molecule has 5 rings (SSSR count). The average Bonchev–Trinajstić information content (AvgIpc) is 3.25. The van der Waals surface area contributed by atoms with Crippen molar-refractivity contribution in [1.29, 1.82) is 0 Å². The van der Waals surface area contributed by atoms with Crippen LogP contribution in [0.1, 0.15) is 21.6 Å². The predicted octanol–water partition coefficient (Wildman–Crippen LogP) is 5.16. The molecule has 1 fully saturated rings. The Morgan fingerprint density at radius 2 is 1.70 bits per heavy atom. The second-order valence-corrected chi connectivity index (χ2v) is 9.92. The van der Waals surface area contributed by atoms with Crippen LogP contribution in [0, 0.1) is 6.92 Å². The number of piperazine rings is 1. The molecule has 8 nitrogen and oxygen atoms in total. The lowest BCUT2D eigenvalue weighted by molar-refractivity contribution is -0.153. The van der Waals surface area contributed by atoms with Crippen LogP contribution in [0.25, 0.3) is 10.9 Å². The van der Waals surface area contributed by atoms with Gasteiger partial charge in [0.2, 0.25) is 5.88 Å². The smallest absolute Gasteiger partial charge is 0.422 e. The number of amides is 1. The quantitative estimate of drug-likeness (QED) is 0.341. The Morgan fingerprint density at radius 3 is 2.38 bits per heavy atom. The van der Waals surface area contributed by atoms with Crippen molar-refractivity contribution in [2.75, 3.05) is 38.5 Å². The van der Waals surface area contributed by atoms with Gasteiger partial charge in [-0.25, -0.2) is 4.98 Å². The molecule has 1 amide bonds. The van der Waals surface area contributed by atoms with E-state index in [2.05, 4.69) is 9.88 Å². The lowest BCUT2D eigenvalue weighted by atomic mass is 10.2. The molecule has 210 valence electrons. The molecule has 1 aliphatic rings. The maximum Gasteiger partial charge on any atom is 0.422 e. The fourth-order valence-electron chi connectivity index (χ4n) is 4.77. The molecule has 0 radical (unpaired) electrons. The van der Waals surface area contributed by atoms with Crippen LogP contribution in [0.3, 0.4) is 0 Å². The Kier molecular flexibility index (Phi) is 7.57. The number of hydrogen-bond donors (Lipinski definition) is 1. The Bertz CT molecular complexity index is 1510. The maximum atomic E-state index is 13.4. The minimum Gasteiger partial charge on any atom is -0.484 e. The van der Waals surface area contributed by atoms with E-state index in [4.69, 9.17) is 15.2 Å². The minimum absolute atomic E-state index is 0.0389. The number of pyridine rings is 1. The number of carbonyl (C=O) groups excluding carboxylic acids is 1. The molecular weight excluding hydrogens is 523 g/mol. The van der Waals surface area contributed by atoms with Gasteiger partial charge in [-0.3, -0.25) is 9.69 Å². The summed E-state index contributed by atoms with van der Waals surface area (Å²) in [6.07, 6.45) is -2.82.